The molecule has 2 fully saturated rings. The molecule has 10 heteroatoms. The number of hydrogen-bond donors (Lipinski definition) is 2. The average Bonchev–Trinajstić information content (AvgIpc) is 2.94. The number of piperazine rings is 1. The molecule has 3 rings (SSSR count). The van der Waals surface area contributed by atoms with Gasteiger partial charge in [-0.3, -0.25) is 14.9 Å². The molecule has 2 heterocycles. The number of halogens is 2. The third kappa shape index (κ3) is 3.85. The highest BCUT2D eigenvalue weighted by atomic mass is 19.2. The monoisotopic (exact) mass is 396 g/mol. The van der Waals surface area contributed by atoms with Gasteiger partial charge < -0.3 is 19.9 Å². The summed E-state index contributed by atoms with van der Waals surface area (Å²) >= 11 is 0. The van der Waals surface area contributed by atoms with Crippen LogP contribution in [0.15, 0.2) is 12.1 Å². The molecule has 2 saturated heterocycles. The number of rotatable bonds is 5. The van der Waals surface area contributed by atoms with E-state index < -0.39 is 29.1 Å². The smallest absolute Gasteiger partial charge is 0.322 e. The minimum Gasteiger partial charge on any atom is -0.493 e. The number of imide groups is 1. The first-order valence-electron chi connectivity index (χ1n) is 8.93. The number of hydrogen-bond acceptors (Lipinski definition) is 5. The zero-order valence-corrected chi connectivity index (χ0v) is 15.7. The summed E-state index contributed by atoms with van der Waals surface area (Å²) in [7, 11) is 1.27. The normalized spacial score (nSPS) is 22.1. The van der Waals surface area contributed by atoms with Crippen molar-refractivity contribution in [2.45, 2.75) is 25.3 Å². The van der Waals surface area contributed by atoms with Crippen LogP contribution in [0.3, 0.4) is 0 Å². The Labute approximate surface area is 160 Å². The van der Waals surface area contributed by atoms with Crippen molar-refractivity contribution in [2.75, 3.05) is 38.2 Å². The van der Waals surface area contributed by atoms with Gasteiger partial charge in [-0.1, -0.05) is 0 Å². The maximum Gasteiger partial charge on any atom is 0.322 e. The van der Waals surface area contributed by atoms with E-state index in [0.29, 0.717) is 31.9 Å². The third-order valence-electron chi connectivity index (χ3n) is 5.15. The molecule has 0 unspecified atom stereocenters. The summed E-state index contributed by atoms with van der Waals surface area (Å²) in [5, 5.41) is 4.70. The van der Waals surface area contributed by atoms with Crippen LogP contribution in [0, 0.1) is 11.6 Å². The molecule has 152 valence electrons. The SMILES string of the molecule is COc1cc(N2CCN(C(=O)CC[C@@]3(C)NC(=O)NC3=O)CC2)cc(F)c1F. The van der Waals surface area contributed by atoms with E-state index in [-0.39, 0.29) is 24.5 Å². The highest BCUT2D eigenvalue weighted by molar-refractivity contribution is 6.06. The topological polar surface area (TPSA) is 91.0 Å². The number of urea groups is 1. The molecular weight excluding hydrogens is 374 g/mol. The summed E-state index contributed by atoms with van der Waals surface area (Å²) in [6, 6.07) is 1.98. The van der Waals surface area contributed by atoms with Crippen LogP contribution < -0.4 is 20.3 Å². The van der Waals surface area contributed by atoms with Crippen LogP contribution in [-0.2, 0) is 9.59 Å². The molecule has 1 atom stereocenters. The summed E-state index contributed by atoms with van der Waals surface area (Å²) < 4.78 is 32.2. The first-order valence-corrected chi connectivity index (χ1v) is 8.93. The summed E-state index contributed by atoms with van der Waals surface area (Å²) in [4.78, 5) is 39.0. The number of nitrogens with one attached hydrogen (secondary N) is 2. The second-order valence-corrected chi connectivity index (χ2v) is 7.05. The Balaban J connectivity index is 1.55. The van der Waals surface area contributed by atoms with Crippen molar-refractivity contribution in [2.24, 2.45) is 0 Å². The number of ether oxygens (including phenoxy) is 1. The predicted octanol–water partition coefficient (Wildman–Crippen LogP) is 1.00. The van der Waals surface area contributed by atoms with Crippen LogP contribution in [0.5, 0.6) is 5.75 Å². The van der Waals surface area contributed by atoms with Gasteiger partial charge in [0.15, 0.2) is 11.6 Å². The summed E-state index contributed by atoms with van der Waals surface area (Å²) in [5.41, 5.74) is -0.600. The maximum atomic E-state index is 13.7. The number of carbonyl (C=O) groups excluding carboxylic acids is 3. The van der Waals surface area contributed by atoms with Gasteiger partial charge in [0.05, 0.1) is 7.11 Å². The highest BCUT2D eigenvalue weighted by Crippen LogP contribution is 2.28. The van der Waals surface area contributed by atoms with Gasteiger partial charge in [0.25, 0.3) is 5.91 Å². The molecule has 1 aromatic rings. The van der Waals surface area contributed by atoms with Crippen molar-refractivity contribution in [3.05, 3.63) is 23.8 Å². The van der Waals surface area contributed by atoms with E-state index >= 15 is 0 Å². The van der Waals surface area contributed by atoms with Crippen LogP contribution in [0.25, 0.3) is 0 Å². The van der Waals surface area contributed by atoms with Crippen molar-refractivity contribution >= 4 is 23.5 Å². The second kappa shape index (κ2) is 7.61. The molecule has 2 N–H and O–H groups in total. The Bertz CT molecular complexity index is 811. The summed E-state index contributed by atoms with van der Waals surface area (Å²) in [5.74, 6) is -2.76. The Kier molecular flexibility index (Phi) is 5.39. The van der Waals surface area contributed by atoms with Crippen molar-refractivity contribution < 1.29 is 27.9 Å². The maximum absolute atomic E-state index is 13.7. The Morgan fingerprint density at radius 1 is 1.21 bits per heavy atom. The fraction of sp³-hybridized carbons (Fsp3) is 0.500. The van der Waals surface area contributed by atoms with Crippen molar-refractivity contribution in [3.63, 3.8) is 0 Å². The summed E-state index contributed by atoms with van der Waals surface area (Å²) in [6.07, 6.45) is 0.313. The lowest BCUT2D eigenvalue weighted by molar-refractivity contribution is -0.132. The van der Waals surface area contributed by atoms with Gasteiger partial charge in [-0.2, -0.15) is 4.39 Å². The number of methoxy groups -OCH3 is 1. The lowest BCUT2D eigenvalue weighted by Crippen LogP contribution is -2.50. The predicted molar refractivity (Wildman–Crippen MR) is 96.0 cm³/mol. The van der Waals surface area contributed by atoms with E-state index in [2.05, 4.69) is 10.6 Å². The Hall–Kier alpha value is -2.91. The molecule has 28 heavy (non-hydrogen) atoms. The van der Waals surface area contributed by atoms with Crippen LogP contribution in [0.2, 0.25) is 0 Å². The first-order chi connectivity index (χ1) is 13.2. The molecule has 8 nitrogen and oxygen atoms in total. The molecule has 1 aromatic carbocycles. The molecule has 0 aliphatic carbocycles. The van der Waals surface area contributed by atoms with E-state index in [0.717, 1.165) is 6.07 Å². The Morgan fingerprint density at radius 2 is 1.89 bits per heavy atom. The average molecular weight is 396 g/mol. The quantitative estimate of drug-likeness (QED) is 0.725. The zero-order chi connectivity index (χ0) is 20.5. The molecule has 0 bridgehead atoms. The standard InChI is InChI=1S/C18H22F2N4O4/c1-18(16(26)21-17(27)22-18)4-3-14(25)24-7-5-23(6-8-24)11-9-12(19)15(20)13(10-11)28-2/h9-10H,3-8H2,1-2H3,(H2,21,22,26,27)/t18-/m1/s1. The lowest BCUT2D eigenvalue weighted by Gasteiger charge is -2.36. The van der Waals surface area contributed by atoms with E-state index in [1.807, 2.05) is 4.90 Å². The van der Waals surface area contributed by atoms with Crippen LogP contribution in [0.1, 0.15) is 19.8 Å². The van der Waals surface area contributed by atoms with Gasteiger partial charge in [0, 0.05) is 50.4 Å². The number of anilines is 1. The first kappa shape index (κ1) is 19.8. The van der Waals surface area contributed by atoms with Crippen molar-refractivity contribution in [3.8, 4) is 5.75 Å². The fourth-order valence-corrected chi connectivity index (χ4v) is 3.37. The molecule has 4 amide bonds. The zero-order valence-electron chi connectivity index (χ0n) is 15.7. The minimum absolute atomic E-state index is 0.114. The highest BCUT2D eigenvalue weighted by Gasteiger charge is 2.42. The second-order valence-electron chi connectivity index (χ2n) is 7.05. The molecule has 0 spiro atoms. The van der Waals surface area contributed by atoms with E-state index in [4.69, 9.17) is 4.74 Å². The molecule has 2 aliphatic rings. The van der Waals surface area contributed by atoms with E-state index in [9.17, 15) is 23.2 Å². The van der Waals surface area contributed by atoms with Crippen molar-refractivity contribution in [1.82, 2.24) is 15.5 Å². The van der Waals surface area contributed by atoms with Gasteiger partial charge in [-0.05, 0) is 13.3 Å². The molecule has 0 saturated carbocycles. The van der Waals surface area contributed by atoms with Crippen LogP contribution in [-0.4, -0.2) is 61.6 Å². The fourth-order valence-electron chi connectivity index (χ4n) is 3.37. The van der Waals surface area contributed by atoms with E-state index in [1.165, 1.54) is 13.2 Å². The minimum atomic E-state index is -1.09. The molecule has 0 aromatic heterocycles. The number of nitrogens with zero attached hydrogens (tertiary/aromatic N) is 2. The van der Waals surface area contributed by atoms with E-state index in [1.54, 1.807) is 11.8 Å². The van der Waals surface area contributed by atoms with Gasteiger partial charge in [-0.25, -0.2) is 9.18 Å². The summed E-state index contributed by atoms with van der Waals surface area (Å²) in [6.45, 7) is 3.31. The third-order valence-corrected chi connectivity index (χ3v) is 5.15. The largest absolute Gasteiger partial charge is 0.493 e. The van der Waals surface area contributed by atoms with Gasteiger partial charge in [0.1, 0.15) is 5.54 Å². The molecular formula is C18H22F2N4O4. The van der Waals surface area contributed by atoms with Gasteiger partial charge in [0.2, 0.25) is 11.7 Å². The number of amides is 4. The van der Waals surface area contributed by atoms with Gasteiger partial charge in [-0.15, -0.1) is 0 Å². The van der Waals surface area contributed by atoms with Gasteiger partial charge >= 0.3 is 6.03 Å². The Morgan fingerprint density at radius 3 is 2.46 bits per heavy atom. The molecule has 2 aliphatic heterocycles. The number of carbonyl (C=O) groups is 3. The number of benzene rings is 1. The van der Waals surface area contributed by atoms with Crippen LogP contribution in [0.4, 0.5) is 19.3 Å². The van der Waals surface area contributed by atoms with Crippen molar-refractivity contribution in [1.29, 1.82) is 0 Å². The molecule has 0 radical (unpaired) electrons. The lowest BCUT2D eigenvalue weighted by atomic mass is 9.96. The van der Waals surface area contributed by atoms with Crippen LogP contribution >= 0.6 is 0 Å².